The molecule has 2 heterocycles. The third-order valence-electron chi connectivity index (χ3n) is 5.07. The van der Waals surface area contributed by atoms with Gasteiger partial charge in [-0.15, -0.1) is 0 Å². The fraction of sp³-hybridized carbons (Fsp3) is 0.400. The number of hydrogen-bond acceptors (Lipinski definition) is 3. The van der Waals surface area contributed by atoms with Crippen LogP contribution in [0.2, 0.25) is 0 Å². The van der Waals surface area contributed by atoms with Crippen LogP contribution in [0.5, 0.6) is 0 Å². The van der Waals surface area contributed by atoms with Crippen LogP contribution in [0.15, 0.2) is 42.6 Å². The zero-order chi connectivity index (χ0) is 22.1. The molecule has 30 heavy (non-hydrogen) atoms. The van der Waals surface area contributed by atoms with Crippen molar-refractivity contribution in [2.24, 2.45) is 0 Å². The number of alkyl halides is 6. The number of pyridine rings is 1. The van der Waals surface area contributed by atoms with Crippen molar-refractivity contribution in [3.63, 3.8) is 0 Å². The van der Waals surface area contributed by atoms with Gasteiger partial charge in [-0.2, -0.15) is 26.3 Å². The standard InChI is InChI=1S/C20H19F6N3O/c1-12(13-2-4-14(5-3-13)19(21,22)23)18(30)28-15-8-9-29(11-15)16-6-7-17(27-10-16)20(24,25)26/h2-7,10,12,15H,8-9,11H2,1H3,(H,28,30)/t12-,15+/m0/s1. The van der Waals surface area contributed by atoms with Crippen LogP contribution in [0, 0.1) is 0 Å². The van der Waals surface area contributed by atoms with E-state index >= 15 is 0 Å². The fourth-order valence-corrected chi connectivity index (χ4v) is 3.29. The summed E-state index contributed by atoms with van der Waals surface area (Å²) in [5, 5.41) is 2.85. The summed E-state index contributed by atoms with van der Waals surface area (Å²) in [5.41, 5.74) is -0.770. The summed E-state index contributed by atoms with van der Waals surface area (Å²) >= 11 is 0. The molecule has 1 aromatic carbocycles. The second-order valence-corrected chi connectivity index (χ2v) is 7.18. The topological polar surface area (TPSA) is 45.2 Å². The molecule has 1 amide bonds. The molecule has 0 saturated carbocycles. The summed E-state index contributed by atoms with van der Waals surface area (Å²) in [7, 11) is 0. The van der Waals surface area contributed by atoms with Gasteiger partial charge in [-0.3, -0.25) is 4.79 Å². The van der Waals surface area contributed by atoms with Crippen molar-refractivity contribution in [3.8, 4) is 0 Å². The SMILES string of the molecule is C[C@H](C(=O)N[C@@H]1CCN(c2ccc(C(F)(F)F)nc2)C1)c1ccc(C(F)(F)F)cc1. The van der Waals surface area contributed by atoms with Crippen LogP contribution >= 0.6 is 0 Å². The Morgan fingerprint density at radius 3 is 2.27 bits per heavy atom. The first-order valence-corrected chi connectivity index (χ1v) is 9.21. The van der Waals surface area contributed by atoms with Gasteiger partial charge in [0.2, 0.25) is 5.91 Å². The van der Waals surface area contributed by atoms with Crippen LogP contribution in [0.25, 0.3) is 0 Å². The van der Waals surface area contributed by atoms with E-state index in [1.165, 1.54) is 18.2 Å². The van der Waals surface area contributed by atoms with E-state index in [2.05, 4.69) is 10.3 Å². The number of nitrogens with one attached hydrogen (secondary N) is 1. The second-order valence-electron chi connectivity index (χ2n) is 7.18. The Hall–Kier alpha value is -2.78. The highest BCUT2D eigenvalue weighted by Gasteiger charge is 2.33. The van der Waals surface area contributed by atoms with Crippen molar-refractivity contribution < 1.29 is 31.1 Å². The van der Waals surface area contributed by atoms with Gasteiger partial charge >= 0.3 is 12.4 Å². The number of nitrogens with zero attached hydrogens (tertiary/aromatic N) is 2. The molecule has 1 aromatic heterocycles. The van der Waals surface area contributed by atoms with Crippen molar-refractivity contribution in [3.05, 3.63) is 59.4 Å². The monoisotopic (exact) mass is 431 g/mol. The summed E-state index contributed by atoms with van der Waals surface area (Å²) in [5.74, 6) is -0.971. The third-order valence-corrected chi connectivity index (χ3v) is 5.07. The van der Waals surface area contributed by atoms with Crippen LogP contribution in [0.1, 0.15) is 36.1 Å². The smallest absolute Gasteiger partial charge is 0.368 e. The van der Waals surface area contributed by atoms with Crippen molar-refractivity contribution in [1.29, 1.82) is 0 Å². The van der Waals surface area contributed by atoms with Crippen LogP contribution < -0.4 is 10.2 Å². The van der Waals surface area contributed by atoms with Crippen molar-refractivity contribution >= 4 is 11.6 Å². The summed E-state index contributed by atoms with van der Waals surface area (Å²) in [6.45, 7) is 2.54. The zero-order valence-corrected chi connectivity index (χ0v) is 15.9. The summed E-state index contributed by atoms with van der Waals surface area (Å²) in [6.07, 6.45) is -7.21. The Balaban J connectivity index is 1.57. The Labute approximate surface area is 168 Å². The Bertz CT molecular complexity index is 877. The van der Waals surface area contributed by atoms with Gasteiger partial charge in [-0.25, -0.2) is 4.98 Å². The molecule has 1 N–H and O–H groups in total. The first-order valence-electron chi connectivity index (χ1n) is 9.21. The molecule has 1 fully saturated rings. The lowest BCUT2D eigenvalue weighted by atomic mass is 9.98. The molecule has 3 rings (SSSR count). The maximum Gasteiger partial charge on any atom is 0.433 e. The first-order chi connectivity index (χ1) is 13.9. The maximum absolute atomic E-state index is 12.7. The summed E-state index contributed by atoms with van der Waals surface area (Å²) < 4.78 is 75.8. The van der Waals surface area contributed by atoms with E-state index in [1.807, 2.05) is 4.90 Å². The molecular formula is C20H19F6N3O. The molecule has 1 saturated heterocycles. The van der Waals surface area contributed by atoms with Gasteiger partial charge in [0.1, 0.15) is 5.69 Å². The van der Waals surface area contributed by atoms with Gasteiger partial charge in [0.15, 0.2) is 0 Å². The molecule has 0 unspecified atom stereocenters. The van der Waals surface area contributed by atoms with Gasteiger partial charge in [0, 0.05) is 19.1 Å². The average molecular weight is 431 g/mol. The highest BCUT2D eigenvalue weighted by atomic mass is 19.4. The molecule has 0 aliphatic carbocycles. The number of rotatable bonds is 4. The summed E-state index contributed by atoms with van der Waals surface area (Å²) in [6, 6.07) is 6.46. The van der Waals surface area contributed by atoms with Crippen LogP contribution in [0.4, 0.5) is 32.0 Å². The normalized spacial score (nSPS) is 18.4. The molecule has 4 nitrogen and oxygen atoms in total. The van der Waals surface area contributed by atoms with Crippen LogP contribution in [0.3, 0.4) is 0 Å². The predicted octanol–water partition coefficient (Wildman–Crippen LogP) is 4.62. The minimum absolute atomic E-state index is 0.225. The molecule has 162 valence electrons. The highest BCUT2D eigenvalue weighted by Crippen LogP contribution is 2.31. The number of aromatic nitrogens is 1. The van der Waals surface area contributed by atoms with Crippen molar-refractivity contribution in [1.82, 2.24) is 10.3 Å². The van der Waals surface area contributed by atoms with E-state index in [-0.39, 0.29) is 11.9 Å². The molecule has 2 aromatic rings. The van der Waals surface area contributed by atoms with Crippen LogP contribution in [-0.2, 0) is 17.1 Å². The number of hydrogen-bond donors (Lipinski definition) is 1. The predicted molar refractivity (Wildman–Crippen MR) is 97.9 cm³/mol. The fourth-order valence-electron chi connectivity index (χ4n) is 3.29. The number of anilines is 1. The Morgan fingerprint density at radius 2 is 1.73 bits per heavy atom. The van der Waals surface area contributed by atoms with Crippen molar-refractivity contribution in [2.75, 3.05) is 18.0 Å². The highest BCUT2D eigenvalue weighted by molar-refractivity contribution is 5.83. The van der Waals surface area contributed by atoms with Crippen LogP contribution in [-0.4, -0.2) is 30.0 Å². The zero-order valence-electron chi connectivity index (χ0n) is 15.9. The number of carbonyl (C=O) groups excluding carboxylic acids is 1. The number of amides is 1. The van der Waals surface area contributed by atoms with Gasteiger partial charge < -0.3 is 10.2 Å². The quantitative estimate of drug-likeness (QED) is 0.719. The van der Waals surface area contributed by atoms with Gasteiger partial charge in [0.25, 0.3) is 0 Å². The molecule has 1 aliphatic heterocycles. The van der Waals surface area contributed by atoms with E-state index in [0.717, 1.165) is 24.4 Å². The van der Waals surface area contributed by atoms with E-state index < -0.39 is 29.5 Å². The molecule has 0 spiro atoms. The number of halogens is 6. The third kappa shape index (κ3) is 5.03. The van der Waals surface area contributed by atoms with Gasteiger partial charge in [-0.05, 0) is 43.2 Å². The lowest BCUT2D eigenvalue weighted by molar-refractivity contribution is -0.141. The second kappa shape index (κ2) is 8.16. The lowest BCUT2D eigenvalue weighted by Gasteiger charge is -2.20. The van der Waals surface area contributed by atoms with E-state index in [4.69, 9.17) is 0 Å². The van der Waals surface area contributed by atoms with Gasteiger partial charge in [0.05, 0.1) is 23.4 Å². The number of benzene rings is 1. The largest absolute Gasteiger partial charge is 0.433 e. The Kier molecular flexibility index (Phi) is 5.96. The van der Waals surface area contributed by atoms with Crippen molar-refractivity contribution in [2.45, 2.75) is 37.7 Å². The van der Waals surface area contributed by atoms with E-state index in [0.29, 0.717) is 30.8 Å². The molecule has 0 radical (unpaired) electrons. The Morgan fingerprint density at radius 1 is 1.07 bits per heavy atom. The lowest BCUT2D eigenvalue weighted by Crippen LogP contribution is -2.39. The van der Waals surface area contributed by atoms with E-state index in [9.17, 15) is 31.1 Å². The number of carbonyl (C=O) groups is 1. The molecule has 1 aliphatic rings. The average Bonchev–Trinajstić information content (AvgIpc) is 3.14. The maximum atomic E-state index is 12.7. The molecule has 10 heteroatoms. The summed E-state index contributed by atoms with van der Waals surface area (Å²) in [4.78, 5) is 17.7. The minimum Gasteiger partial charge on any atom is -0.368 e. The first kappa shape index (κ1) is 21.9. The molecule has 2 atom stereocenters. The molecule has 0 bridgehead atoms. The van der Waals surface area contributed by atoms with E-state index in [1.54, 1.807) is 6.92 Å². The minimum atomic E-state index is -4.51. The molecular weight excluding hydrogens is 412 g/mol. The van der Waals surface area contributed by atoms with Gasteiger partial charge in [-0.1, -0.05) is 12.1 Å².